The maximum atomic E-state index is 13.4. The molecule has 1 aromatic carbocycles. The summed E-state index contributed by atoms with van der Waals surface area (Å²) in [5.74, 6) is 0.653. The van der Waals surface area contributed by atoms with Crippen LogP contribution in [0, 0.1) is 5.82 Å². The van der Waals surface area contributed by atoms with Gasteiger partial charge in [-0.1, -0.05) is 12.1 Å². The fraction of sp³-hybridized carbons (Fsp3) is 0.500. The Kier molecular flexibility index (Phi) is 5.31. The van der Waals surface area contributed by atoms with Gasteiger partial charge in [0.15, 0.2) is 9.84 Å². The van der Waals surface area contributed by atoms with Gasteiger partial charge in [0.25, 0.3) is 0 Å². The van der Waals surface area contributed by atoms with Crippen LogP contribution in [0.4, 0.5) is 4.39 Å². The van der Waals surface area contributed by atoms with Crippen molar-refractivity contribution in [1.29, 1.82) is 0 Å². The molecule has 0 aliphatic carbocycles. The van der Waals surface area contributed by atoms with E-state index in [4.69, 9.17) is 10.0 Å². The van der Waals surface area contributed by atoms with Gasteiger partial charge in [0.2, 0.25) is 0 Å². The molecule has 1 saturated heterocycles. The molecule has 0 saturated carbocycles. The molecular formula is C12H17BFNO4S2. The summed E-state index contributed by atoms with van der Waals surface area (Å²) >= 11 is 1.59. The van der Waals surface area contributed by atoms with Crippen LogP contribution in [0.5, 0.6) is 0 Å². The van der Waals surface area contributed by atoms with E-state index in [1.807, 2.05) is 4.90 Å². The molecule has 0 aromatic heterocycles. The Morgan fingerprint density at radius 1 is 1.48 bits per heavy atom. The third-order valence-electron chi connectivity index (χ3n) is 3.41. The monoisotopic (exact) mass is 333 g/mol. The quantitative estimate of drug-likeness (QED) is 0.719. The fourth-order valence-corrected chi connectivity index (χ4v) is 5.26. The first-order chi connectivity index (χ1) is 9.79. The summed E-state index contributed by atoms with van der Waals surface area (Å²) in [6, 6.07) is 4.06. The number of rotatable bonds is 4. The van der Waals surface area contributed by atoms with E-state index in [-0.39, 0.29) is 5.46 Å². The minimum atomic E-state index is -3.20. The second kappa shape index (κ2) is 6.66. The minimum absolute atomic E-state index is 0.199. The lowest BCUT2D eigenvalue weighted by Gasteiger charge is -2.34. The maximum absolute atomic E-state index is 13.4. The van der Waals surface area contributed by atoms with E-state index >= 15 is 0 Å². The highest BCUT2D eigenvalue weighted by Gasteiger charge is 2.31. The number of sulfone groups is 1. The first kappa shape index (κ1) is 16.8. The molecule has 5 nitrogen and oxygen atoms in total. The molecule has 1 fully saturated rings. The maximum Gasteiger partial charge on any atom is 0.491 e. The summed E-state index contributed by atoms with van der Waals surface area (Å²) < 4.78 is 37.1. The molecule has 2 N–H and O–H groups in total. The van der Waals surface area contributed by atoms with Crippen LogP contribution in [0.25, 0.3) is 0 Å². The lowest BCUT2D eigenvalue weighted by Crippen LogP contribution is -2.46. The molecule has 21 heavy (non-hydrogen) atoms. The number of nitrogens with zero attached hydrogens (tertiary/aromatic N) is 1. The lowest BCUT2D eigenvalue weighted by atomic mass is 9.79. The van der Waals surface area contributed by atoms with E-state index in [2.05, 4.69) is 0 Å². The topological polar surface area (TPSA) is 77.8 Å². The normalized spacial score (nSPS) is 20.5. The van der Waals surface area contributed by atoms with Gasteiger partial charge in [-0.3, -0.25) is 4.90 Å². The van der Waals surface area contributed by atoms with Crippen molar-refractivity contribution in [2.75, 3.05) is 24.3 Å². The molecule has 1 atom stereocenters. The molecule has 2 rings (SSSR count). The van der Waals surface area contributed by atoms with E-state index in [0.717, 1.165) is 11.8 Å². The molecule has 0 radical (unpaired) electrons. The van der Waals surface area contributed by atoms with Crippen molar-refractivity contribution in [3.05, 3.63) is 29.6 Å². The van der Waals surface area contributed by atoms with Gasteiger partial charge in [0.1, 0.15) is 11.2 Å². The third kappa shape index (κ3) is 4.20. The molecule has 1 aliphatic heterocycles. The first-order valence-corrected chi connectivity index (χ1v) is 9.55. The average molecular weight is 333 g/mol. The summed E-state index contributed by atoms with van der Waals surface area (Å²) in [6.07, 6.45) is 1.21. The van der Waals surface area contributed by atoms with Gasteiger partial charge in [-0.05, 0) is 11.6 Å². The fourth-order valence-electron chi connectivity index (χ4n) is 2.31. The third-order valence-corrected chi connectivity index (χ3v) is 6.10. The van der Waals surface area contributed by atoms with Crippen molar-refractivity contribution < 1.29 is 22.9 Å². The zero-order valence-electron chi connectivity index (χ0n) is 11.6. The van der Waals surface area contributed by atoms with Crippen molar-refractivity contribution in [3.63, 3.8) is 0 Å². The zero-order valence-corrected chi connectivity index (χ0v) is 13.2. The highest BCUT2D eigenvalue weighted by Crippen LogP contribution is 2.22. The number of benzene rings is 1. The number of thioether (sulfide) groups is 1. The van der Waals surface area contributed by atoms with Crippen LogP contribution in [0.15, 0.2) is 18.2 Å². The van der Waals surface area contributed by atoms with Gasteiger partial charge < -0.3 is 10.0 Å². The van der Waals surface area contributed by atoms with Crippen molar-refractivity contribution in [2.45, 2.75) is 11.9 Å². The summed E-state index contributed by atoms with van der Waals surface area (Å²) in [4.78, 5) is 1.83. The highest BCUT2D eigenvalue weighted by atomic mass is 32.2. The van der Waals surface area contributed by atoms with Crippen molar-refractivity contribution in [2.24, 2.45) is 0 Å². The number of halogens is 1. The summed E-state index contributed by atoms with van der Waals surface area (Å²) in [5.41, 5.74) is 0.454. The highest BCUT2D eigenvalue weighted by molar-refractivity contribution is 8.00. The molecule has 116 valence electrons. The molecule has 1 heterocycles. The van der Waals surface area contributed by atoms with Gasteiger partial charge in [-0.15, -0.1) is 0 Å². The Morgan fingerprint density at radius 2 is 2.19 bits per heavy atom. The summed E-state index contributed by atoms with van der Waals surface area (Å²) in [6.45, 7) is 0.953. The van der Waals surface area contributed by atoms with Gasteiger partial charge >= 0.3 is 7.12 Å². The molecule has 1 unspecified atom stereocenters. The van der Waals surface area contributed by atoms with Crippen molar-refractivity contribution >= 4 is 34.2 Å². The Balaban J connectivity index is 2.22. The molecule has 0 amide bonds. The first-order valence-electron chi connectivity index (χ1n) is 6.44. The van der Waals surface area contributed by atoms with E-state index in [1.54, 1.807) is 11.8 Å². The average Bonchev–Trinajstić information content (AvgIpc) is 2.40. The molecule has 1 aromatic rings. The Labute approximate surface area is 128 Å². The number of hydrogen-bond donors (Lipinski definition) is 2. The predicted octanol–water partition coefficient (Wildman–Crippen LogP) is -0.575. The second-order valence-corrected chi connectivity index (χ2v) is 8.41. The van der Waals surface area contributed by atoms with Crippen LogP contribution >= 0.6 is 11.8 Å². The smallest absolute Gasteiger partial charge is 0.423 e. The summed E-state index contributed by atoms with van der Waals surface area (Å²) in [7, 11) is -5.08. The van der Waals surface area contributed by atoms with E-state index in [1.165, 1.54) is 18.4 Å². The Bertz CT molecular complexity index is 611. The Morgan fingerprint density at radius 3 is 2.81 bits per heavy atom. The van der Waals surface area contributed by atoms with Gasteiger partial charge in [0, 0.05) is 36.3 Å². The molecule has 1 aliphatic rings. The van der Waals surface area contributed by atoms with Crippen LogP contribution in [-0.2, 0) is 16.4 Å². The minimum Gasteiger partial charge on any atom is -0.423 e. The molecular weight excluding hydrogens is 316 g/mol. The van der Waals surface area contributed by atoms with Crippen molar-refractivity contribution in [3.8, 4) is 0 Å². The zero-order chi connectivity index (χ0) is 15.6. The van der Waals surface area contributed by atoms with E-state index < -0.39 is 28.1 Å². The Hall–Kier alpha value is -0.605. The van der Waals surface area contributed by atoms with Crippen LogP contribution < -0.4 is 5.46 Å². The van der Waals surface area contributed by atoms with Gasteiger partial charge in [0.05, 0.1) is 0 Å². The molecule has 9 heteroatoms. The molecule has 0 bridgehead atoms. The summed E-state index contributed by atoms with van der Waals surface area (Å²) in [5, 5.41) is 17.7. The van der Waals surface area contributed by atoms with Crippen LogP contribution in [0.2, 0.25) is 0 Å². The van der Waals surface area contributed by atoms with Crippen LogP contribution in [0.1, 0.15) is 5.56 Å². The SMILES string of the molecule is CS(=O)(=O)C1CSCCN1Cc1ccc(F)c(B(O)O)c1. The largest absolute Gasteiger partial charge is 0.491 e. The van der Waals surface area contributed by atoms with Crippen LogP contribution in [-0.4, -0.2) is 60.2 Å². The second-order valence-electron chi connectivity index (χ2n) is 5.06. The van der Waals surface area contributed by atoms with E-state index in [9.17, 15) is 12.8 Å². The standard InChI is InChI=1S/C12H17BFNO4S2/c1-21(18,19)12-8-20-5-4-15(12)7-9-2-3-11(14)10(6-9)13(16)17/h2-3,6,12,16-17H,4-5,7-8H2,1H3. The van der Waals surface area contributed by atoms with Crippen LogP contribution in [0.3, 0.4) is 0 Å². The van der Waals surface area contributed by atoms with E-state index in [0.29, 0.717) is 24.4 Å². The lowest BCUT2D eigenvalue weighted by molar-refractivity contribution is 0.262. The predicted molar refractivity (Wildman–Crippen MR) is 82.6 cm³/mol. The van der Waals surface area contributed by atoms with Crippen molar-refractivity contribution in [1.82, 2.24) is 4.90 Å². The van der Waals surface area contributed by atoms with Gasteiger partial charge in [-0.25, -0.2) is 12.8 Å². The van der Waals surface area contributed by atoms with Gasteiger partial charge in [-0.2, -0.15) is 11.8 Å². The number of hydrogen-bond acceptors (Lipinski definition) is 6. The molecule has 0 spiro atoms.